The van der Waals surface area contributed by atoms with E-state index in [1.54, 1.807) is 22.7 Å². The highest BCUT2D eigenvalue weighted by atomic mass is 79.9. The second-order valence-corrected chi connectivity index (χ2v) is 9.95. The molecule has 2 aromatic rings. The molecular formula is C11H10Br3NS2. The molecule has 1 atom stereocenters. The van der Waals surface area contributed by atoms with Gasteiger partial charge < -0.3 is 5.32 Å². The SMILES string of the molecule is CNC(c1cc(Br)sc1C)c1cc(Br)sc1Br. The maximum atomic E-state index is 3.63. The van der Waals surface area contributed by atoms with E-state index in [2.05, 4.69) is 72.2 Å². The molecule has 1 N–H and O–H groups in total. The van der Waals surface area contributed by atoms with Gasteiger partial charge in [-0.15, -0.1) is 22.7 Å². The topological polar surface area (TPSA) is 12.0 Å². The molecule has 6 heteroatoms. The van der Waals surface area contributed by atoms with Crippen LogP contribution in [0.3, 0.4) is 0 Å². The van der Waals surface area contributed by atoms with Gasteiger partial charge in [-0.05, 0) is 85.0 Å². The number of nitrogens with one attached hydrogen (secondary N) is 1. The van der Waals surface area contributed by atoms with Crippen molar-refractivity contribution < 1.29 is 0 Å². The molecule has 0 aliphatic rings. The maximum absolute atomic E-state index is 3.63. The van der Waals surface area contributed by atoms with Crippen molar-refractivity contribution in [2.75, 3.05) is 7.05 Å². The van der Waals surface area contributed by atoms with Crippen LogP contribution in [0.15, 0.2) is 23.5 Å². The first-order valence-electron chi connectivity index (χ1n) is 4.90. The van der Waals surface area contributed by atoms with Crippen LogP contribution in [0.2, 0.25) is 0 Å². The van der Waals surface area contributed by atoms with Crippen LogP contribution in [0.1, 0.15) is 22.0 Å². The average molecular weight is 460 g/mol. The molecule has 2 aromatic heterocycles. The quantitative estimate of drug-likeness (QED) is 0.619. The third-order valence-electron chi connectivity index (χ3n) is 2.52. The fourth-order valence-corrected chi connectivity index (χ4v) is 6.42. The normalized spacial score (nSPS) is 13.0. The predicted octanol–water partition coefficient (Wildman–Crippen LogP) is 5.71. The van der Waals surface area contributed by atoms with Crippen LogP contribution in [-0.4, -0.2) is 7.05 Å². The zero-order valence-corrected chi connectivity index (χ0v) is 15.6. The Balaban J connectivity index is 2.47. The van der Waals surface area contributed by atoms with E-state index in [9.17, 15) is 0 Å². The second-order valence-electron chi connectivity index (χ2n) is 3.56. The minimum absolute atomic E-state index is 0.231. The van der Waals surface area contributed by atoms with Crippen molar-refractivity contribution in [2.24, 2.45) is 0 Å². The molecule has 0 amide bonds. The van der Waals surface area contributed by atoms with Crippen LogP contribution in [0, 0.1) is 6.92 Å². The van der Waals surface area contributed by atoms with Gasteiger partial charge in [0.25, 0.3) is 0 Å². The van der Waals surface area contributed by atoms with Crippen molar-refractivity contribution in [1.29, 1.82) is 0 Å². The number of hydrogen-bond donors (Lipinski definition) is 1. The summed E-state index contributed by atoms with van der Waals surface area (Å²) in [5.41, 5.74) is 2.60. The van der Waals surface area contributed by atoms with Gasteiger partial charge in [0.15, 0.2) is 0 Å². The Morgan fingerprint density at radius 1 is 1.06 bits per heavy atom. The largest absolute Gasteiger partial charge is 0.309 e. The Labute approximate surface area is 134 Å². The monoisotopic (exact) mass is 457 g/mol. The summed E-state index contributed by atoms with van der Waals surface area (Å²) in [5.74, 6) is 0. The van der Waals surface area contributed by atoms with Crippen LogP contribution < -0.4 is 5.32 Å². The maximum Gasteiger partial charge on any atom is 0.0761 e. The van der Waals surface area contributed by atoms with Crippen molar-refractivity contribution >= 4 is 70.5 Å². The molecule has 1 nitrogen and oxygen atoms in total. The summed E-state index contributed by atoms with van der Waals surface area (Å²) < 4.78 is 3.49. The first-order chi connectivity index (χ1) is 8.02. The van der Waals surface area contributed by atoms with Gasteiger partial charge in [0, 0.05) is 4.88 Å². The van der Waals surface area contributed by atoms with Gasteiger partial charge in [0.1, 0.15) is 0 Å². The first kappa shape index (κ1) is 14.2. The molecule has 0 spiro atoms. The van der Waals surface area contributed by atoms with E-state index in [0.717, 1.165) is 3.79 Å². The van der Waals surface area contributed by atoms with E-state index in [1.165, 1.54) is 23.6 Å². The second kappa shape index (κ2) is 5.84. The summed E-state index contributed by atoms with van der Waals surface area (Å²) in [6.07, 6.45) is 0. The molecule has 0 aromatic carbocycles. The molecule has 0 saturated heterocycles. The fraction of sp³-hybridized carbons (Fsp3) is 0.273. The molecule has 0 saturated carbocycles. The Hall–Kier alpha value is 0.800. The van der Waals surface area contributed by atoms with E-state index < -0.39 is 0 Å². The Morgan fingerprint density at radius 3 is 2.06 bits per heavy atom. The van der Waals surface area contributed by atoms with Gasteiger partial charge in [-0.2, -0.15) is 0 Å². The number of rotatable bonds is 3. The average Bonchev–Trinajstić information content (AvgIpc) is 2.73. The van der Waals surface area contributed by atoms with E-state index in [4.69, 9.17) is 0 Å². The van der Waals surface area contributed by atoms with Crippen molar-refractivity contribution in [3.63, 3.8) is 0 Å². The molecule has 1 unspecified atom stereocenters. The van der Waals surface area contributed by atoms with E-state index >= 15 is 0 Å². The summed E-state index contributed by atoms with van der Waals surface area (Å²) in [6.45, 7) is 2.16. The Bertz CT molecular complexity index is 487. The highest BCUT2D eigenvalue weighted by Gasteiger charge is 2.20. The number of halogens is 3. The Morgan fingerprint density at radius 2 is 1.65 bits per heavy atom. The van der Waals surface area contributed by atoms with Crippen molar-refractivity contribution in [2.45, 2.75) is 13.0 Å². The lowest BCUT2D eigenvalue weighted by atomic mass is 10.0. The van der Waals surface area contributed by atoms with Gasteiger partial charge in [0.2, 0.25) is 0 Å². The number of thiophene rings is 2. The van der Waals surface area contributed by atoms with Crippen molar-refractivity contribution in [3.8, 4) is 0 Å². The molecular weight excluding hydrogens is 450 g/mol. The van der Waals surface area contributed by atoms with Crippen LogP contribution in [0.25, 0.3) is 0 Å². The molecule has 0 bridgehead atoms. The van der Waals surface area contributed by atoms with Gasteiger partial charge in [-0.3, -0.25) is 0 Å². The molecule has 2 heterocycles. The van der Waals surface area contributed by atoms with Crippen molar-refractivity contribution in [1.82, 2.24) is 5.32 Å². The molecule has 92 valence electrons. The molecule has 17 heavy (non-hydrogen) atoms. The summed E-state index contributed by atoms with van der Waals surface area (Å²) in [4.78, 5) is 1.34. The molecule has 2 rings (SSSR count). The number of aryl methyl sites for hydroxylation is 1. The summed E-state index contributed by atoms with van der Waals surface area (Å²) in [6, 6.07) is 4.59. The number of hydrogen-bond acceptors (Lipinski definition) is 3. The van der Waals surface area contributed by atoms with E-state index in [1.807, 2.05) is 7.05 Å². The van der Waals surface area contributed by atoms with Gasteiger partial charge in [-0.1, -0.05) is 0 Å². The lowest BCUT2D eigenvalue weighted by Gasteiger charge is -2.15. The van der Waals surface area contributed by atoms with Gasteiger partial charge in [-0.25, -0.2) is 0 Å². The summed E-state index contributed by atoms with van der Waals surface area (Å²) >= 11 is 14.2. The van der Waals surface area contributed by atoms with Crippen LogP contribution in [0.4, 0.5) is 0 Å². The lowest BCUT2D eigenvalue weighted by Crippen LogP contribution is -2.17. The van der Waals surface area contributed by atoms with E-state index in [-0.39, 0.29) is 6.04 Å². The highest BCUT2D eigenvalue weighted by Crippen LogP contribution is 2.40. The third-order valence-corrected chi connectivity index (χ3v) is 6.47. The summed E-state index contributed by atoms with van der Waals surface area (Å²) in [5, 5.41) is 3.38. The first-order valence-corrected chi connectivity index (χ1v) is 8.92. The zero-order valence-electron chi connectivity index (χ0n) is 9.18. The van der Waals surface area contributed by atoms with Gasteiger partial charge in [0.05, 0.1) is 17.4 Å². The Kier molecular flexibility index (Phi) is 4.88. The smallest absolute Gasteiger partial charge is 0.0761 e. The standard InChI is InChI=1S/C11H10Br3NS2/c1-5-6(3-8(12)16-5)10(15-2)7-4-9(13)17-11(7)14/h3-4,10,15H,1-2H3. The highest BCUT2D eigenvalue weighted by molar-refractivity contribution is 9.12. The van der Waals surface area contributed by atoms with Crippen LogP contribution in [0.5, 0.6) is 0 Å². The molecule has 0 radical (unpaired) electrons. The summed E-state index contributed by atoms with van der Waals surface area (Å²) in [7, 11) is 1.99. The third kappa shape index (κ3) is 3.04. The predicted molar refractivity (Wildman–Crippen MR) is 87.4 cm³/mol. The van der Waals surface area contributed by atoms with E-state index in [0.29, 0.717) is 0 Å². The molecule has 0 aliphatic carbocycles. The molecule has 0 fully saturated rings. The lowest BCUT2D eigenvalue weighted by molar-refractivity contribution is 0.691. The van der Waals surface area contributed by atoms with Crippen LogP contribution in [-0.2, 0) is 0 Å². The minimum atomic E-state index is 0.231. The zero-order chi connectivity index (χ0) is 12.6. The van der Waals surface area contributed by atoms with Crippen molar-refractivity contribution in [3.05, 3.63) is 39.5 Å². The fourth-order valence-electron chi connectivity index (χ4n) is 1.77. The molecule has 0 aliphatic heterocycles. The van der Waals surface area contributed by atoms with Crippen LogP contribution >= 0.6 is 70.5 Å². The van der Waals surface area contributed by atoms with Gasteiger partial charge >= 0.3 is 0 Å². The minimum Gasteiger partial charge on any atom is -0.309 e.